The van der Waals surface area contributed by atoms with Gasteiger partial charge in [0.05, 0.1) is 17.7 Å². The lowest BCUT2D eigenvalue weighted by molar-refractivity contribution is 0.0888. The molecule has 8 nitrogen and oxygen atoms in total. The molecule has 1 saturated heterocycles. The van der Waals surface area contributed by atoms with Crippen LogP contribution in [-0.4, -0.2) is 54.2 Å². The minimum atomic E-state index is -0.122. The van der Waals surface area contributed by atoms with Crippen LogP contribution in [0, 0.1) is 11.3 Å². The molecule has 2 aromatic carbocycles. The van der Waals surface area contributed by atoms with E-state index in [-0.39, 0.29) is 24.2 Å². The normalized spacial score (nSPS) is 19.8. The molecular weight excluding hydrogens is 502 g/mol. The van der Waals surface area contributed by atoms with Crippen molar-refractivity contribution in [3.63, 3.8) is 0 Å². The third kappa shape index (κ3) is 7.51. The van der Waals surface area contributed by atoms with Gasteiger partial charge in [0, 0.05) is 44.6 Å². The summed E-state index contributed by atoms with van der Waals surface area (Å²) in [6.07, 6.45) is 7.65. The van der Waals surface area contributed by atoms with Gasteiger partial charge in [-0.15, -0.1) is 0 Å². The lowest BCUT2D eigenvalue weighted by Crippen LogP contribution is -2.40. The molecule has 0 spiro atoms. The van der Waals surface area contributed by atoms with E-state index in [1.165, 1.54) is 0 Å². The summed E-state index contributed by atoms with van der Waals surface area (Å²) in [5.41, 5.74) is 3.27. The second-order valence-corrected chi connectivity index (χ2v) is 10.6. The predicted octanol–water partition coefficient (Wildman–Crippen LogP) is 5.16. The number of pyridine rings is 1. The molecule has 1 amide bonds. The smallest absolute Gasteiger partial charge is 0.270 e. The van der Waals surface area contributed by atoms with Crippen LogP contribution in [0.15, 0.2) is 66.9 Å². The number of nitrogens with one attached hydrogen (secondary N) is 2. The first-order chi connectivity index (χ1) is 19.6. The quantitative estimate of drug-likeness (QED) is 0.388. The number of benzene rings is 2. The zero-order chi connectivity index (χ0) is 27.7. The minimum absolute atomic E-state index is 0.122. The van der Waals surface area contributed by atoms with Crippen LogP contribution in [0.1, 0.15) is 60.1 Å². The van der Waals surface area contributed by atoms with Gasteiger partial charge in [0.15, 0.2) is 0 Å². The molecule has 0 atom stereocenters. The number of amides is 1. The van der Waals surface area contributed by atoms with Gasteiger partial charge in [-0.1, -0.05) is 6.07 Å². The van der Waals surface area contributed by atoms with Crippen molar-refractivity contribution in [1.29, 1.82) is 5.26 Å². The lowest BCUT2D eigenvalue weighted by Gasteiger charge is -2.32. The molecule has 1 aliphatic carbocycles. The summed E-state index contributed by atoms with van der Waals surface area (Å²) in [7, 11) is 1.91. The fourth-order valence-electron chi connectivity index (χ4n) is 5.37. The Bertz CT molecular complexity index is 1270. The van der Waals surface area contributed by atoms with Gasteiger partial charge in [-0.3, -0.25) is 14.7 Å². The number of hydrogen-bond donors (Lipinski definition) is 2. The van der Waals surface area contributed by atoms with Crippen molar-refractivity contribution in [2.75, 3.05) is 25.5 Å². The molecule has 1 aromatic heterocycles. The maximum Gasteiger partial charge on any atom is 0.270 e. The Kier molecular flexibility index (Phi) is 9.15. The molecule has 5 rings (SSSR count). The van der Waals surface area contributed by atoms with E-state index in [0.29, 0.717) is 11.3 Å². The van der Waals surface area contributed by atoms with Crippen molar-refractivity contribution >= 4 is 11.6 Å². The monoisotopic (exact) mass is 539 g/mol. The predicted molar refractivity (Wildman–Crippen MR) is 154 cm³/mol. The number of rotatable bonds is 9. The van der Waals surface area contributed by atoms with Crippen molar-refractivity contribution in [2.45, 2.75) is 63.3 Å². The Balaban J connectivity index is 1.01. The number of piperidine rings is 1. The van der Waals surface area contributed by atoms with Crippen molar-refractivity contribution in [2.24, 2.45) is 0 Å². The average Bonchev–Trinajstić information content (AvgIpc) is 3.00. The number of aromatic nitrogens is 1. The summed E-state index contributed by atoms with van der Waals surface area (Å²) in [6, 6.07) is 21.4. The van der Waals surface area contributed by atoms with Crippen molar-refractivity contribution in [3.8, 4) is 17.6 Å². The minimum Gasteiger partial charge on any atom is -0.490 e. The Morgan fingerprint density at radius 2 is 1.52 bits per heavy atom. The number of hydrogen-bond acceptors (Lipinski definition) is 7. The third-order valence-electron chi connectivity index (χ3n) is 7.74. The molecular formula is C32H37N5O3. The first-order valence-electron chi connectivity index (χ1n) is 14.2. The molecule has 2 N–H and O–H groups in total. The van der Waals surface area contributed by atoms with Gasteiger partial charge in [0.1, 0.15) is 23.3 Å². The van der Waals surface area contributed by atoms with E-state index in [2.05, 4.69) is 26.6 Å². The summed E-state index contributed by atoms with van der Waals surface area (Å²) in [4.78, 5) is 19.7. The van der Waals surface area contributed by atoms with Crippen LogP contribution in [0.2, 0.25) is 0 Å². The number of nitriles is 1. The van der Waals surface area contributed by atoms with Crippen molar-refractivity contribution in [1.82, 2.24) is 15.2 Å². The van der Waals surface area contributed by atoms with Gasteiger partial charge < -0.3 is 20.1 Å². The SMILES string of the molecule is CNc1ccc(OC2CCN(Cc3ccc(C(=O)NC4CCC(Oc5ccc(C#N)cc5)CC4)nc3)CC2)cc1. The van der Waals surface area contributed by atoms with Crippen LogP contribution in [0.4, 0.5) is 5.69 Å². The first-order valence-corrected chi connectivity index (χ1v) is 14.2. The number of likely N-dealkylation sites (tertiary alicyclic amines) is 1. The Morgan fingerprint density at radius 3 is 2.10 bits per heavy atom. The summed E-state index contributed by atoms with van der Waals surface area (Å²) in [5.74, 6) is 1.58. The second-order valence-electron chi connectivity index (χ2n) is 10.6. The third-order valence-corrected chi connectivity index (χ3v) is 7.74. The Hall–Kier alpha value is -4.09. The molecule has 2 heterocycles. The molecule has 2 fully saturated rings. The van der Waals surface area contributed by atoms with Crippen LogP contribution in [0.25, 0.3) is 0 Å². The van der Waals surface area contributed by atoms with Gasteiger partial charge in [0.25, 0.3) is 5.91 Å². The zero-order valence-electron chi connectivity index (χ0n) is 23.0. The van der Waals surface area contributed by atoms with Crippen LogP contribution in [-0.2, 0) is 6.54 Å². The van der Waals surface area contributed by atoms with E-state index >= 15 is 0 Å². The van der Waals surface area contributed by atoms with E-state index < -0.39 is 0 Å². The van der Waals surface area contributed by atoms with Gasteiger partial charge in [0.2, 0.25) is 0 Å². The van der Waals surface area contributed by atoms with E-state index in [4.69, 9.17) is 14.7 Å². The number of anilines is 1. The summed E-state index contributed by atoms with van der Waals surface area (Å²) < 4.78 is 12.2. The molecule has 0 radical (unpaired) electrons. The zero-order valence-corrected chi connectivity index (χ0v) is 23.0. The maximum absolute atomic E-state index is 12.8. The molecule has 3 aromatic rings. The highest BCUT2D eigenvalue weighted by Crippen LogP contribution is 2.25. The van der Waals surface area contributed by atoms with Gasteiger partial charge >= 0.3 is 0 Å². The molecule has 2 aliphatic rings. The number of carbonyl (C=O) groups is 1. The number of carbonyl (C=O) groups excluding carboxylic acids is 1. The van der Waals surface area contributed by atoms with Crippen LogP contribution >= 0.6 is 0 Å². The molecule has 1 saturated carbocycles. The van der Waals surface area contributed by atoms with Crippen LogP contribution in [0.5, 0.6) is 11.5 Å². The van der Waals surface area contributed by atoms with Gasteiger partial charge in [-0.05, 0) is 98.7 Å². The topological polar surface area (TPSA) is 99.5 Å². The fourth-order valence-corrected chi connectivity index (χ4v) is 5.37. The van der Waals surface area contributed by atoms with Crippen LogP contribution < -0.4 is 20.1 Å². The standard InChI is InChI=1S/C32H37N5O3/c1-34-25-5-11-28(12-6-25)40-30-16-18-37(19-17-30)22-24-4-15-31(35-21-24)32(38)36-26-7-13-29(14-8-26)39-27-9-2-23(20-33)3-10-27/h2-6,9-12,15,21,26,29-30,34H,7-8,13-14,16-19,22H2,1H3,(H,36,38). The lowest BCUT2D eigenvalue weighted by atomic mass is 9.92. The highest BCUT2D eigenvalue weighted by atomic mass is 16.5. The molecule has 0 unspecified atom stereocenters. The number of nitrogens with zero attached hydrogens (tertiary/aromatic N) is 3. The Labute approximate surface area is 236 Å². The maximum atomic E-state index is 12.8. The molecule has 40 heavy (non-hydrogen) atoms. The van der Waals surface area contributed by atoms with E-state index in [1.807, 2.05) is 61.8 Å². The van der Waals surface area contributed by atoms with Crippen molar-refractivity contribution < 1.29 is 14.3 Å². The van der Waals surface area contributed by atoms with E-state index in [0.717, 1.165) is 80.9 Å². The molecule has 1 aliphatic heterocycles. The Morgan fingerprint density at radius 1 is 0.900 bits per heavy atom. The first kappa shape index (κ1) is 27.5. The fraction of sp³-hybridized carbons (Fsp3) is 0.406. The number of ether oxygens (including phenoxy) is 2. The largest absolute Gasteiger partial charge is 0.490 e. The average molecular weight is 540 g/mol. The highest BCUT2D eigenvalue weighted by Gasteiger charge is 2.25. The summed E-state index contributed by atoms with van der Waals surface area (Å²) >= 11 is 0. The summed E-state index contributed by atoms with van der Waals surface area (Å²) in [5, 5.41) is 15.2. The highest BCUT2D eigenvalue weighted by molar-refractivity contribution is 5.92. The molecule has 8 heteroatoms. The van der Waals surface area contributed by atoms with Gasteiger partial charge in [-0.25, -0.2) is 0 Å². The molecule has 208 valence electrons. The van der Waals surface area contributed by atoms with Crippen molar-refractivity contribution in [3.05, 3.63) is 83.7 Å². The molecule has 0 bridgehead atoms. The van der Waals surface area contributed by atoms with E-state index in [9.17, 15) is 4.79 Å². The summed E-state index contributed by atoms with van der Waals surface area (Å²) in [6.45, 7) is 2.76. The van der Waals surface area contributed by atoms with Crippen LogP contribution in [0.3, 0.4) is 0 Å². The van der Waals surface area contributed by atoms with E-state index in [1.54, 1.807) is 12.1 Å². The van der Waals surface area contributed by atoms with Gasteiger partial charge in [-0.2, -0.15) is 5.26 Å². The second kappa shape index (κ2) is 13.3.